The number of hydrogen-bond donors (Lipinski definition) is 1. The Morgan fingerprint density at radius 3 is 2.74 bits per heavy atom. The summed E-state index contributed by atoms with van der Waals surface area (Å²) in [5.74, 6) is -0.527. The summed E-state index contributed by atoms with van der Waals surface area (Å²) in [5, 5.41) is 0. The van der Waals surface area contributed by atoms with Crippen LogP contribution in [-0.2, 0) is 4.79 Å². The zero-order valence-corrected chi connectivity index (χ0v) is 12.4. The van der Waals surface area contributed by atoms with Crippen LogP contribution in [0.5, 0.6) is 0 Å². The maximum absolute atomic E-state index is 12.5. The van der Waals surface area contributed by atoms with Gasteiger partial charge in [0, 0.05) is 16.6 Å². The summed E-state index contributed by atoms with van der Waals surface area (Å²) in [4.78, 5) is 25.5. The van der Waals surface area contributed by atoms with Crippen molar-refractivity contribution in [3.63, 3.8) is 0 Å². The van der Waals surface area contributed by atoms with Gasteiger partial charge in [0.25, 0.3) is 5.91 Å². The van der Waals surface area contributed by atoms with Gasteiger partial charge in [-0.25, -0.2) is 0 Å². The van der Waals surface area contributed by atoms with Gasteiger partial charge in [-0.1, -0.05) is 15.9 Å². The smallest absolute Gasteiger partial charge is 0.254 e. The third-order valence-corrected chi connectivity index (χ3v) is 4.39. The molecular formula is C14H17BrN2O2. The number of carbonyl (C=O) groups excluding carboxylic acids is 2. The molecule has 2 rings (SSSR count). The lowest BCUT2D eigenvalue weighted by Gasteiger charge is -2.33. The Bertz CT molecular complexity index is 516. The van der Waals surface area contributed by atoms with Gasteiger partial charge in [0.1, 0.15) is 6.04 Å². The van der Waals surface area contributed by atoms with Crippen molar-refractivity contribution in [2.24, 2.45) is 5.73 Å². The van der Waals surface area contributed by atoms with Crippen LogP contribution in [0.1, 0.15) is 35.2 Å². The first-order valence-corrected chi connectivity index (χ1v) is 7.16. The Balaban J connectivity index is 2.26. The number of likely N-dealkylation sites (tertiary alicyclic amines) is 1. The van der Waals surface area contributed by atoms with Crippen molar-refractivity contribution in [2.45, 2.75) is 32.2 Å². The lowest BCUT2D eigenvalue weighted by molar-refractivity contribution is -0.123. The van der Waals surface area contributed by atoms with Crippen molar-refractivity contribution in [2.75, 3.05) is 6.54 Å². The minimum atomic E-state index is -0.467. The highest BCUT2D eigenvalue weighted by Crippen LogP contribution is 2.22. The first-order valence-electron chi connectivity index (χ1n) is 6.37. The van der Waals surface area contributed by atoms with E-state index in [9.17, 15) is 9.59 Å². The van der Waals surface area contributed by atoms with Crippen molar-refractivity contribution in [3.05, 3.63) is 33.8 Å². The molecule has 0 aromatic heterocycles. The molecule has 1 aromatic rings. The molecule has 5 heteroatoms. The molecule has 1 aliphatic rings. The second-order valence-electron chi connectivity index (χ2n) is 4.88. The Labute approximate surface area is 121 Å². The molecule has 1 unspecified atom stereocenters. The van der Waals surface area contributed by atoms with E-state index < -0.39 is 11.9 Å². The standard InChI is InChI=1S/C14H17BrN2O2/c1-9-8-10(5-6-11(9)15)14(19)17-7-3-2-4-12(17)13(16)18/h5-6,8,12H,2-4,7H2,1H3,(H2,16,18). The van der Waals surface area contributed by atoms with Crippen molar-refractivity contribution >= 4 is 27.7 Å². The number of aryl methyl sites for hydroxylation is 1. The number of nitrogens with two attached hydrogens (primary N) is 1. The van der Waals surface area contributed by atoms with Gasteiger partial charge < -0.3 is 10.6 Å². The number of amides is 2. The van der Waals surface area contributed by atoms with E-state index in [1.807, 2.05) is 19.1 Å². The van der Waals surface area contributed by atoms with Crippen LogP contribution < -0.4 is 5.73 Å². The molecule has 1 aliphatic heterocycles. The fourth-order valence-corrected chi connectivity index (χ4v) is 2.66. The van der Waals surface area contributed by atoms with Crippen LogP contribution in [0.25, 0.3) is 0 Å². The summed E-state index contributed by atoms with van der Waals surface area (Å²) in [6, 6.07) is 4.99. The lowest BCUT2D eigenvalue weighted by atomic mass is 10.00. The van der Waals surface area contributed by atoms with Crippen molar-refractivity contribution in [1.82, 2.24) is 4.90 Å². The van der Waals surface area contributed by atoms with Crippen molar-refractivity contribution in [1.29, 1.82) is 0 Å². The van der Waals surface area contributed by atoms with Gasteiger partial charge in [0.05, 0.1) is 0 Å². The largest absolute Gasteiger partial charge is 0.368 e. The number of hydrogen-bond acceptors (Lipinski definition) is 2. The minimum absolute atomic E-state index is 0.112. The average molecular weight is 325 g/mol. The highest BCUT2D eigenvalue weighted by Gasteiger charge is 2.31. The molecule has 1 aromatic carbocycles. The van der Waals surface area contributed by atoms with Gasteiger partial charge in [-0.3, -0.25) is 9.59 Å². The molecule has 102 valence electrons. The molecule has 2 amide bonds. The number of primary amides is 1. The van der Waals surface area contributed by atoms with Gasteiger partial charge in [-0.15, -0.1) is 0 Å². The first-order chi connectivity index (χ1) is 9.00. The van der Waals surface area contributed by atoms with E-state index >= 15 is 0 Å². The summed E-state index contributed by atoms with van der Waals surface area (Å²) >= 11 is 3.41. The van der Waals surface area contributed by atoms with Crippen LogP contribution in [0.4, 0.5) is 0 Å². The molecule has 1 fully saturated rings. The van der Waals surface area contributed by atoms with E-state index in [0.29, 0.717) is 18.5 Å². The number of piperidine rings is 1. The zero-order valence-electron chi connectivity index (χ0n) is 10.9. The van der Waals surface area contributed by atoms with Crippen molar-refractivity contribution < 1.29 is 9.59 Å². The van der Waals surface area contributed by atoms with E-state index in [-0.39, 0.29) is 5.91 Å². The Morgan fingerprint density at radius 1 is 1.37 bits per heavy atom. The van der Waals surface area contributed by atoms with E-state index in [2.05, 4.69) is 15.9 Å². The topological polar surface area (TPSA) is 63.4 Å². The SMILES string of the molecule is Cc1cc(C(=O)N2CCCCC2C(N)=O)ccc1Br. The molecule has 0 aliphatic carbocycles. The molecule has 0 saturated carbocycles. The van der Waals surface area contributed by atoms with Crippen LogP contribution >= 0.6 is 15.9 Å². The summed E-state index contributed by atoms with van der Waals surface area (Å²) in [5.41, 5.74) is 6.99. The van der Waals surface area contributed by atoms with Gasteiger partial charge in [-0.2, -0.15) is 0 Å². The fourth-order valence-electron chi connectivity index (χ4n) is 2.41. The van der Waals surface area contributed by atoms with E-state index in [1.165, 1.54) is 0 Å². The van der Waals surface area contributed by atoms with Crippen LogP contribution in [0.3, 0.4) is 0 Å². The predicted octanol–water partition coefficient (Wildman–Crippen LogP) is 2.24. The highest BCUT2D eigenvalue weighted by molar-refractivity contribution is 9.10. The number of carbonyl (C=O) groups is 2. The van der Waals surface area contributed by atoms with Crippen LogP contribution in [0.15, 0.2) is 22.7 Å². The Hall–Kier alpha value is -1.36. The minimum Gasteiger partial charge on any atom is -0.368 e. The van der Waals surface area contributed by atoms with Gasteiger partial charge in [0.2, 0.25) is 5.91 Å². The van der Waals surface area contributed by atoms with Crippen LogP contribution in [0.2, 0.25) is 0 Å². The molecule has 4 nitrogen and oxygen atoms in total. The molecule has 0 radical (unpaired) electrons. The summed E-state index contributed by atoms with van der Waals surface area (Å²) in [7, 11) is 0. The van der Waals surface area contributed by atoms with E-state index in [0.717, 1.165) is 22.9 Å². The first kappa shape index (κ1) is 14.1. The predicted molar refractivity (Wildman–Crippen MR) is 76.7 cm³/mol. The molecule has 1 atom stereocenters. The number of halogens is 1. The summed E-state index contributed by atoms with van der Waals surface area (Å²) in [6.07, 6.45) is 2.53. The Morgan fingerprint density at radius 2 is 2.11 bits per heavy atom. The number of benzene rings is 1. The summed E-state index contributed by atoms with van der Waals surface area (Å²) < 4.78 is 0.967. The molecule has 2 N–H and O–H groups in total. The third-order valence-electron chi connectivity index (χ3n) is 3.50. The third kappa shape index (κ3) is 2.97. The zero-order chi connectivity index (χ0) is 14.0. The van der Waals surface area contributed by atoms with Crippen LogP contribution in [-0.4, -0.2) is 29.3 Å². The second-order valence-corrected chi connectivity index (χ2v) is 5.73. The van der Waals surface area contributed by atoms with Gasteiger partial charge in [-0.05, 0) is 49.9 Å². The highest BCUT2D eigenvalue weighted by atomic mass is 79.9. The number of rotatable bonds is 2. The molecule has 0 spiro atoms. The number of nitrogens with zero attached hydrogens (tertiary/aromatic N) is 1. The monoisotopic (exact) mass is 324 g/mol. The fraction of sp³-hybridized carbons (Fsp3) is 0.429. The Kier molecular flexibility index (Phi) is 4.24. The van der Waals surface area contributed by atoms with Gasteiger partial charge >= 0.3 is 0 Å². The molecule has 1 heterocycles. The molecule has 19 heavy (non-hydrogen) atoms. The molecular weight excluding hydrogens is 308 g/mol. The van der Waals surface area contributed by atoms with Gasteiger partial charge in [0.15, 0.2) is 0 Å². The quantitative estimate of drug-likeness (QED) is 0.906. The molecule has 0 bridgehead atoms. The second kappa shape index (κ2) is 5.74. The average Bonchev–Trinajstić information content (AvgIpc) is 2.41. The van der Waals surface area contributed by atoms with Crippen molar-refractivity contribution in [3.8, 4) is 0 Å². The lowest BCUT2D eigenvalue weighted by Crippen LogP contribution is -2.50. The maximum atomic E-state index is 12.5. The molecule has 1 saturated heterocycles. The van der Waals surface area contributed by atoms with E-state index in [1.54, 1.807) is 11.0 Å². The normalized spacial score (nSPS) is 19.3. The van der Waals surface area contributed by atoms with E-state index in [4.69, 9.17) is 5.73 Å². The maximum Gasteiger partial charge on any atom is 0.254 e. The summed E-state index contributed by atoms with van der Waals surface area (Å²) in [6.45, 7) is 2.53. The van der Waals surface area contributed by atoms with Crippen LogP contribution in [0, 0.1) is 6.92 Å².